The van der Waals surface area contributed by atoms with Crippen LogP contribution in [0.2, 0.25) is 0 Å². The summed E-state index contributed by atoms with van der Waals surface area (Å²) in [7, 11) is 0. The summed E-state index contributed by atoms with van der Waals surface area (Å²) in [4.78, 5) is 33.9. The number of anilines is 1. The molecule has 1 aliphatic rings. The van der Waals surface area contributed by atoms with Crippen LogP contribution in [0.3, 0.4) is 0 Å². The van der Waals surface area contributed by atoms with E-state index in [9.17, 15) is 9.59 Å². The first-order valence-electron chi connectivity index (χ1n) is 11.1. The van der Waals surface area contributed by atoms with E-state index in [-0.39, 0.29) is 24.0 Å². The number of fused-ring (bicyclic) bond motifs is 2. The first kappa shape index (κ1) is 22.1. The standard InChI is InChI=1S/C25H24N4O4S/c1-2-3-11-29-24(31)23-22(18(13-26-23)16-7-5-4-6-8-16)28-25(29)34-14-21(30)27-17-9-10-19-20(12-17)33-15-32-19/h4-10,12-13,26H,2-3,11,14-15H2,1H3,(H,27,30). The minimum Gasteiger partial charge on any atom is -0.454 e. The van der Waals surface area contributed by atoms with Gasteiger partial charge in [-0.15, -0.1) is 0 Å². The Bertz CT molecular complexity index is 1400. The minimum atomic E-state index is -0.197. The topological polar surface area (TPSA) is 98.2 Å². The van der Waals surface area contributed by atoms with E-state index in [1.165, 1.54) is 11.8 Å². The summed E-state index contributed by atoms with van der Waals surface area (Å²) in [6, 6.07) is 15.1. The van der Waals surface area contributed by atoms with Gasteiger partial charge in [0.1, 0.15) is 11.0 Å². The number of benzene rings is 2. The molecule has 0 atom stereocenters. The van der Waals surface area contributed by atoms with Gasteiger partial charge in [-0.25, -0.2) is 4.98 Å². The SMILES string of the molecule is CCCCn1c(SCC(=O)Nc2ccc3c(c2)OCO3)nc2c(-c3ccccc3)c[nH]c2c1=O. The zero-order valence-corrected chi connectivity index (χ0v) is 19.5. The number of thioether (sulfide) groups is 1. The summed E-state index contributed by atoms with van der Waals surface area (Å²) in [5, 5.41) is 3.40. The van der Waals surface area contributed by atoms with Gasteiger partial charge in [0.25, 0.3) is 5.56 Å². The van der Waals surface area contributed by atoms with Gasteiger partial charge in [0, 0.05) is 30.1 Å². The fourth-order valence-electron chi connectivity index (χ4n) is 3.84. The quantitative estimate of drug-likeness (QED) is 0.284. The Hall–Kier alpha value is -3.72. The lowest BCUT2D eigenvalue weighted by Crippen LogP contribution is -2.24. The smallest absolute Gasteiger partial charge is 0.278 e. The average Bonchev–Trinajstić information content (AvgIpc) is 3.49. The minimum absolute atomic E-state index is 0.115. The summed E-state index contributed by atoms with van der Waals surface area (Å²) in [5.41, 5.74) is 3.43. The van der Waals surface area contributed by atoms with Crippen LogP contribution in [-0.4, -0.2) is 33.0 Å². The molecule has 0 bridgehead atoms. The van der Waals surface area contributed by atoms with Crippen molar-refractivity contribution in [2.75, 3.05) is 17.9 Å². The predicted octanol–water partition coefficient (Wildman–Crippen LogP) is 4.65. The molecule has 0 spiro atoms. The van der Waals surface area contributed by atoms with Crippen molar-refractivity contribution in [1.82, 2.24) is 14.5 Å². The molecule has 0 aliphatic carbocycles. The molecule has 0 saturated carbocycles. The fourth-order valence-corrected chi connectivity index (χ4v) is 4.65. The third-order valence-electron chi connectivity index (χ3n) is 5.56. The molecule has 174 valence electrons. The third-order valence-corrected chi connectivity index (χ3v) is 6.54. The maximum Gasteiger partial charge on any atom is 0.278 e. The molecule has 0 saturated heterocycles. The van der Waals surface area contributed by atoms with Crippen LogP contribution in [0.1, 0.15) is 19.8 Å². The van der Waals surface area contributed by atoms with Crippen LogP contribution in [0.15, 0.2) is 64.7 Å². The number of H-pyrrole nitrogens is 1. The van der Waals surface area contributed by atoms with Gasteiger partial charge in [-0.3, -0.25) is 14.2 Å². The second-order valence-corrected chi connectivity index (χ2v) is 8.84. The zero-order chi connectivity index (χ0) is 23.5. The Morgan fingerprint density at radius 3 is 2.82 bits per heavy atom. The Morgan fingerprint density at radius 2 is 2.00 bits per heavy atom. The van der Waals surface area contributed by atoms with Crippen molar-refractivity contribution < 1.29 is 14.3 Å². The predicted molar refractivity (Wildman–Crippen MR) is 133 cm³/mol. The van der Waals surface area contributed by atoms with E-state index in [4.69, 9.17) is 14.5 Å². The Balaban J connectivity index is 1.41. The molecule has 0 fully saturated rings. The number of aromatic amines is 1. The number of carbonyl (C=O) groups is 1. The molecule has 8 nitrogen and oxygen atoms in total. The maximum atomic E-state index is 13.3. The molecule has 9 heteroatoms. The van der Waals surface area contributed by atoms with E-state index in [1.54, 1.807) is 22.8 Å². The Labute approximate surface area is 200 Å². The van der Waals surface area contributed by atoms with Gasteiger partial charge in [-0.05, 0) is 24.1 Å². The van der Waals surface area contributed by atoms with Gasteiger partial charge in [-0.1, -0.05) is 55.4 Å². The molecule has 1 amide bonds. The summed E-state index contributed by atoms with van der Waals surface area (Å²) in [5.74, 6) is 1.18. The van der Waals surface area contributed by atoms with E-state index in [1.807, 2.05) is 36.5 Å². The molecule has 3 heterocycles. The van der Waals surface area contributed by atoms with Crippen molar-refractivity contribution in [3.8, 4) is 22.6 Å². The number of rotatable bonds is 8. The van der Waals surface area contributed by atoms with Gasteiger partial charge in [-0.2, -0.15) is 0 Å². The maximum absolute atomic E-state index is 13.3. The lowest BCUT2D eigenvalue weighted by Gasteiger charge is -2.12. The van der Waals surface area contributed by atoms with Crippen LogP contribution >= 0.6 is 11.8 Å². The summed E-state index contributed by atoms with van der Waals surface area (Å²) < 4.78 is 12.3. The Morgan fingerprint density at radius 1 is 1.18 bits per heavy atom. The van der Waals surface area contributed by atoms with Crippen LogP contribution in [-0.2, 0) is 11.3 Å². The molecule has 0 unspecified atom stereocenters. The van der Waals surface area contributed by atoms with Crippen LogP contribution in [0.25, 0.3) is 22.2 Å². The number of nitrogens with zero attached hydrogens (tertiary/aromatic N) is 2. The van der Waals surface area contributed by atoms with E-state index in [0.29, 0.717) is 39.9 Å². The van der Waals surface area contributed by atoms with Crippen molar-refractivity contribution in [1.29, 1.82) is 0 Å². The van der Waals surface area contributed by atoms with E-state index in [0.717, 1.165) is 24.0 Å². The highest BCUT2D eigenvalue weighted by molar-refractivity contribution is 7.99. The summed E-state index contributed by atoms with van der Waals surface area (Å²) in [6.45, 7) is 2.80. The molecule has 2 N–H and O–H groups in total. The number of ether oxygens (including phenoxy) is 2. The lowest BCUT2D eigenvalue weighted by molar-refractivity contribution is -0.113. The van der Waals surface area contributed by atoms with Gasteiger partial charge in [0.05, 0.1) is 5.75 Å². The molecule has 0 radical (unpaired) electrons. The first-order valence-corrected chi connectivity index (χ1v) is 12.1. The number of unbranched alkanes of at least 4 members (excludes halogenated alkanes) is 1. The lowest BCUT2D eigenvalue weighted by atomic mass is 10.1. The second-order valence-electron chi connectivity index (χ2n) is 7.90. The van der Waals surface area contributed by atoms with Crippen LogP contribution in [0.5, 0.6) is 11.5 Å². The summed E-state index contributed by atoms with van der Waals surface area (Å²) >= 11 is 1.26. The number of hydrogen-bond donors (Lipinski definition) is 2. The van der Waals surface area contributed by atoms with Crippen molar-refractivity contribution in [3.63, 3.8) is 0 Å². The molecule has 5 rings (SSSR count). The highest BCUT2D eigenvalue weighted by atomic mass is 32.2. The second kappa shape index (κ2) is 9.64. The highest BCUT2D eigenvalue weighted by Gasteiger charge is 2.18. The zero-order valence-electron chi connectivity index (χ0n) is 18.7. The number of aromatic nitrogens is 3. The molecule has 2 aromatic carbocycles. The number of carbonyl (C=O) groups excluding carboxylic acids is 1. The highest BCUT2D eigenvalue weighted by Crippen LogP contribution is 2.34. The van der Waals surface area contributed by atoms with Gasteiger partial charge >= 0.3 is 0 Å². The molecular formula is C25H24N4O4S. The van der Waals surface area contributed by atoms with Crippen molar-refractivity contribution in [2.45, 2.75) is 31.5 Å². The van der Waals surface area contributed by atoms with Gasteiger partial charge in [0.2, 0.25) is 12.7 Å². The number of nitrogens with one attached hydrogen (secondary N) is 2. The monoisotopic (exact) mass is 476 g/mol. The normalized spacial score (nSPS) is 12.3. The largest absolute Gasteiger partial charge is 0.454 e. The third kappa shape index (κ3) is 4.38. The molecule has 34 heavy (non-hydrogen) atoms. The molecule has 2 aromatic heterocycles. The van der Waals surface area contributed by atoms with Crippen LogP contribution in [0.4, 0.5) is 5.69 Å². The van der Waals surface area contributed by atoms with Crippen LogP contribution < -0.4 is 20.3 Å². The van der Waals surface area contributed by atoms with Crippen molar-refractivity contribution in [3.05, 3.63) is 65.1 Å². The van der Waals surface area contributed by atoms with Gasteiger partial charge < -0.3 is 19.8 Å². The van der Waals surface area contributed by atoms with E-state index >= 15 is 0 Å². The molecule has 1 aliphatic heterocycles. The van der Waals surface area contributed by atoms with Crippen molar-refractivity contribution in [2.24, 2.45) is 0 Å². The number of amides is 1. The van der Waals surface area contributed by atoms with Crippen molar-refractivity contribution >= 4 is 34.4 Å². The average molecular weight is 477 g/mol. The molecule has 4 aromatic rings. The number of hydrogen-bond acceptors (Lipinski definition) is 6. The summed E-state index contributed by atoms with van der Waals surface area (Å²) in [6.07, 6.45) is 3.61. The Kier molecular flexibility index (Phi) is 6.27. The van der Waals surface area contributed by atoms with E-state index < -0.39 is 0 Å². The van der Waals surface area contributed by atoms with Crippen LogP contribution in [0, 0.1) is 0 Å². The first-order chi connectivity index (χ1) is 16.6. The van der Waals surface area contributed by atoms with Gasteiger partial charge in [0.15, 0.2) is 16.7 Å². The molecular weight excluding hydrogens is 452 g/mol. The van der Waals surface area contributed by atoms with E-state index in [2.05, 4.69) is 17.2 Å². The fraction of sp³-hybridized carbons (Fsp3) is 0.240.